The van der Waals surface area contributed by atoms with Crippen LogP contribution in [0.1, 0.15) is 17.9 Å². The molecule has 1 aromatic rings. The van der Waals surface area contributed by atoms with Crippen LogP contribution in [0, 0.1) is 5.92 Å². The number of nitrogens with one attached hydrogen (secondary N) is 2. The maximum Gasteiger partial charge on any atom is 0.0640 e. The molecule has 3 heteroatoms. The molecule has 1 fully saturated rings. The van der Waals surface area contributed by atoms with Crippen molar-refractivity contribution in [3.05, 3.63) is 28.8 Å². The molecule has 2 aliphatic heterocycles. The predicted molar refractivity (Wildman–Crippen MR) is 63.7 cm³/mol. The molecule has 2 aliphatic rings. The second-order valence-electron chi connectivity index (χ2n) is 4.44. The molecule has 3 rings (SSSR count). The Balaban J connectivity index is 2.09. The van der Waals surface area contributed by atoms with Crippen LogP contribution in [-0.2, 0) is 0 Å². The van der Waals surface area contributed by atoms with Crippen molar-refractivity contribution in [1.29, 1.82) is 0 Å². The van der Waals surface area contributed by atoms with E-state index in [0.29, 0.717) is 5.92 Å². The molecular formula is C12H15ClN2. The fourth-order valence-electron chi connectivity index (χ4n) is 2.82. The summed E-state index contributed by atoms with van der Waals surface area (Å²) >= 11 is 6.22. The van der Waals surface area contributed by atoms with Crippen molar-refractivity contribution in [2.75, 3.05) is 25.0 Å². The van der Waals surface area contributed by atoms with Crippen molar-refractivity contribution in [3.63, 3.8) is 0 Å². The Hall–Kier alpha value is -0.730. The van der Waals surface area contributed by atoms with Gasteiger partial charge < -0.3 is 10.6 Å². The third-order valence-electron chi connectivity index (χ3n) is 3.60. The van der Waals surface area contributed by atoms with Crippen LogP contribution in [0.2, 0.25) is 5.02 Å². The van der Waals surface area contributed by atoms with Gasteiger partial charge in [0.15, 0.2) is 0 Å². The van der Waals surface area contributed by atoms with E-state index in [1.54, 1.807) is 0 Å². The van der Waals surface area contributed by atoms with E-state index in [9.17, 15) is 0 Å². The summed E-state index contributed by atoms with van der Waals surface area (Å²) in [5, 5.41) is 7.80. The van der Waals surface area contributed by atoms with Crippen LogP contribution in [-0.4, -0.2) is 19.6 Å². The molecule has 1 aromatic carbocycles. The maximum absolute atomic E-state index is 6.22. The van der Waals surface area contributed by atoms with Crippen LogP contribution in [0.3, 0.4) is 0 Å². The van der Waals surface area contributed by atoms with Gasteiger partial charge >= 0.3 is 0 Å². The second kappa shape index (κ2) is 3.69. The number of para-hydroxylation sites is 1. The minimum absolute atomic E-state index is 0.647. The van der Waals surface area contributed by atoms with Crippen LogP contribution < -0.4 is 10.6 Å². The minimum atomic E-state index is 0.647. The van der Waals surface area contributed by atoms with E-state index >= 15 is 0 Å². The Labute approximate surface area is 95.0 Å². The van der Waals surface area contributed by atoms with Crippen molar-refractivity contribution < 1.29 is 0 Å². The molecule has 80 valence electrons. The molecular weight excluding hydrogens is 208 g/mol. The van der Waals surface area contributed by atoms with Gasteiger partial charge in [0.1, 0.15) is 0 Å². The molecule has 1 saturated heterocycles. The summed E-state index contributed by atoms with van der Waals surface area (Å²) in [6.07, 6.45) is 1.24. The summed E-state index contributed by atoms with van der Waals surface area (Å²) in [7, 11) is 0. The molecule has 0 spiro atoms. The summed E-state index contributed by atoms with van der Waals surface area (Å²) in [6.45, 7) is 3.29. The molecule has 2 N–H and O–H groups in total. The van der Waals surface area contributed by atoms with Crippen molar-refractivity contribution in [2.24, 2.45) is 5.92 Å². The molecule has 2 atom stereocenters. The van der Waals surface area contributed by atoms with Gasteiger partial charge in [-0.15, -0.1) is 0 Å². The summed E-state index contributed by atoms with van der Waals surface area (Å²) < 4.78 is 0. The lowest BCUT2D eigenvalue weighted by molar-refractivity contribution is 0.503. The first kappa shape index (κ1) is 9.49. The maximum atomic E-state index is 6.22. The van der Waals surface area contributed by atoms with Gasteiger partial charge in [0.25, 0.3) is 0 Å². The minimum Gasteiger partial charge on any atom is -0.384 e. The summed E-state index contributed by atoms with van der Waals surface area (Å²) in [4.78, 5) is 0. The van der Waals surface area contributed by atoms with E-state index in [1.165, 1.54) is 12.0 Å². The first-order valence-electron chi connectivity index (χ1n) is 5.59. The van der Waals surface area contributed by atoms with E-state index in [1.807, 2.05) is 6.07 Å². The highest BCUT2D eigenvalue weighted by molar-refractivity contribution is 6.33. The van der Waals surface area contributed by atoms with E-state index in [0.717, 1.165) is 36.3 Å². The van der Waals surface area contributed by atoms with Crippen LogP contribution in [0.5, 0.6) is 0 Å². The molecule has 2 heterocycles. The van der Waals surface area contributed by atoms with Crippen molar-refractivity contribution in [3.8, 4) is 0 Å². The zero-order chi connectivity index (χ0) is 10.3. The quantitative estimate of drug-likeness (QED) is 0.705. The van der Waals surface area contributed by atoms with E-state index in [-0.39, 0.29) is 0 Å². The first-order chi connectivity index (χ1) is 7.36. The summed E-state index contributed by atoms with van der Waals surface area (Å²) in [5.41, 5.74) is 2.56. The fourth-order valence-corrected chi connectivity index (χ4v) is 3.07. The molecule has 0 radical (unpaired) electrons. The third-order valence-corrected chi connectivity index (χ3v) is 3.92. The molecule has 0 amide bonds. The number of hydrogen-bond acceptors (Lipinski definition) is 2. The number of fused-ring (bicyclic) bond motifs is 3. The largest absolute Gasteiger partial charge is 0.384 e. The highest BCUT2D eigenvalue weighted by Crippen LogP contribution is 2.40. The van der Waals surface area contributed by atoms with E-state index < -0.39 is 0 Å². The highest BCUT2D eigenvalue weighted by atomic mass is 35.5. The van der Waals surface area contributed by atoms with Crippen LogP contribution in [0.15, 0.2) is 18.2 Å². The molecule has 0 saturated carbocycles. The monoisotopic (exact) mass is 222 g/mol. The number of rotatable bonds is 0. The number of benzene rings is 1. The Morgan fingerprint density at radius 1 is 1.27 bits per heavy atom. The van der Waals surface area contributed by atoms with Crippen LogP contribution in [0.4, 0.5) is 5.69 Å². The lowest BCUT2D eigenvalue weighted by Crippen LogP contribution is -2.12. The Kier molecular flexibility index (Phi) is 2.33. The van der Waals surface area contributed by atoms with Gasteiger partial charge in [-0.25, -0.2) is 0 Å². The lowest BCUT2D eigenvalue weighted by atomic mass is 9.87. The zero-order valence-corrected chi connectivity index (χ0v) is 9.35. The summed E-state index contributed by atoms with van der Waals surface area (Å²) in [5.74, 6) is 1.42. The Morgan fingerprint density at radius 2 is 2.20 bits per heavy atom. The SMILES string of the molecule is Clc1cccc2c1NCCC1CNC[C@H]21. The molecule has 0 bridgehead atoms. The van der Waals surface area contributed by atoms with Crippen LogP contribution in [0.25, 0.3) is 0 Å². The Bertz CT molecular complexity index is 378. The van der Waals surface area contributed by atoms with Gasteiger partial charge in [0.05, 0.1) is 10.7 Å². The van der Waals surface area contributed by atoms with Gasteiger partial charge in [-0.3, -0.25) is 0 Å². The molecule has 1 unspecified atom stereocenters. The zero-order valence-electron chi connectivity index (χ0n) is 8.59. The lowest BCUT2D eigenvalue weighted by Gasteiger charge is -2.17. The van der Waals surface area contributed by atoms with Gasteiger partial charge in [-0.1, -0.05) is 23.7 Å². The van der Waals surface area contributed by atoms with Crippen molar-refractivity contribution in [1.82, 2.24) is 5.32 Å². The van der Waals surface area contributed by atoms with E-state index in [2.05, 4.69) is 22.8 Å². The van der Waals surface area contributed by atoms with Gasteiger partial charge in [0.2, 0.25) is 0 Å². The van der Waals surface area contributed by atoms with Crippen molar-refractivity contribution in [2.45, 2.75) is 12.3 Å². The Morgan fingerprint density at radius 3 is 3.13 bits per heavy atom. The first-order valence-corrected chi connectivity index (χ1v) is 5.97. The molecule has 15 heavy (non-hydrogen) atoms. The highest BCUT2D eigenvalue weighted by Gasteiger charge is 2.32. The number of anilines is 1. The number of hydrogen-bond donors (Lipinski definition) is 2. The predicted octanol–water partition coefficient (Wildman–Crippen LogP) is 2.46. The number of halogens is 1. The average molecular weight is 223 g/mol. The third kappa shape index (κ3) is 1.52. The van der Waals surface area contributed by atoms with Crippen LogP contribution >= 0.6 is 11.6 Å². The van der Waals surface area contributed by atoms with Crippen molar-refractivity contribution >= 4 is 17.3 Å². The average Bonchev–Trinajstić information content (AvgIpc) is 2.62. The van der Waals surface area contributed by atoms with Gasteiger partial charge in [-0.05, 0) is 30.5 Å². The van der Waals surface area contributed by atoms with Gasteiger partial charge in [0, 0.05) is 19.0 Å². The smallest absolute Gasteiger partial charge is 0.0640 e. The molecule has 0 aliphatic carbocycles. The fraction of sp³-hybridized carbons (Fsp3) is 0.500. The second-order valence-corrected chi connectivity index (χ2v) is 4.85. The molecule has 0 aromatic heterocycles. The van der Waals surface area contributed by atoms with Gasteiger partial charge in [-0.2, -0.15) is 0 Å². The normalized spacial score (nSPS) is 28.9. The standard InChI is InChI=1S/C12H15ClN2/c13-11-3-1-2-9-10-7-14-6-8(10)4-5-15-12(9)11/h1-3,8,10,14-15H,4-7H2/t8?,10-/m0/s1. The van der Waals surface area contributed by atoms with E-state index in [4.69, 9.17) is 11.6 Å². The summed E-state index contributed by atoms with van der Waals surface area (Å²) in [6, 6.07) is 6.24. The molecule has 2 nitrogen and oxygen atoms in total. The topological polar surface area (TPSA) is 24.1 Å².